The van der Waals surface area contributed by atoms with Gasteiger partial charge in [-0.3, -0.25) is 4.79 Å². The molecular formula is C17H22N2OS. The highest BCUT2D eigenvalue weighted by molar-refractivity contribution is 7.15. The van der Waals surface area contributed by atoms with Gasteiger partial charge in [0.05, 0.1) is 9.88 Å². The third-order valence-corrected chi connectivity index (χ3v) is 4.27. The van der Waals surface area contributed by atoms with Gasteiger partial charge in [-0.25, -0.2) is 4.98 Å². The van der Waals surface area contributed by atoms with Gasteiger partial charge in [-0.15, -0.1) is 11.3 Å². The molecule has 2 aromatic rings. The largest absolute Gasteiger partial charge is 0.337 e. The maximum absolute atomic E-state index is 12.8. The van der Waals surface area contributed by atoms with E-state index in [9.17, 15) is 4.79 Å². The van der Waals surface area contributed by atoms with E-state index in [0.29, 0.717) is 5.69 Å². The zero-order valence-electron chi connectivity index (χ0n) is 12.9. The number of hydrogen-bond acceptors (Lipinski definition) is 3. The minimum absolute atomic E-state index is 0.0573. The van der Waals surface area contributed by atoms with Crippen molar-refractivity contribution < 1.29 is 4.79 Å². The Hall–Kier alpha value is -1.68. The van der Waals surface area contributed by atoms with Gasteiger partial charge in [0.1, 0.15) is 5.69 Å². The van der Waals surface area contributed by atoms with Crippen LogP contribution >= 0.6 is 11.3 Å². The number of benzene rings is 1. The number of nitrogens with zero attached hydrogens (tertiary/aromatic N) is 2. The van der Waals surface area contributed by atoms with Crippen molar-refractivity contribution in [3.63, 3.8) is 0 Å². The van der Waals surface area contributed by atoms with E-state index in [0.717, 1.165) is 41.4 Å². The molecule has 1 amide bonds. The Kier molecular flexibility index (Phi) is 5.51. The molecule has 0 fully saturated rings. The number of thiazole rings is 1. The Balaban J connectivity index is 2.37. The van der Waals surface area contributed by atoms with E-state index < -0.39 is 0 Å². The monoisotopic (exact) mass is 302 g/mol. The van der Waals surface area contributed by atoms with Crippen molar-refractivity contribution in [3.05, 3.63) is 41.0 Å². The first-order chi connectivity index (χ1) is 10.2. The average molecular weight is 302 g/mol. The van der Waals surface area contributed by atoms with Crippen LogP contribution < -0.4 is 0 Å². The molecule has 0 saturated carbocycles. The highest BCUT2D eigenvalue weighted by Gasteiger charge is 2.22. The molecule has 0 spiro atoms. The Bertz CT molecular complexity index is 586. The Morgan fingerprint density at radius 1 is 1.14 bits per heavy atom. The fraction of sp³-hybridized carbons (Fsp3) is 0.412. The lowest BCUT2D eigenvalue weighted by Crippen LogP contribution is -2.33. The lowest BCUT2D eigenvalue weighted by atomic mass is 10.1. The van der Waals surface area contributed by atoms with Crippen LogP contribution in [0.5, 0.6) is 0 Å². The van der Waals surface area contributed by atoms with Crippen molar-refractivity contribution in [1.29, 1.82) is 0 Å². The summed E-state index contributed by atoms with van der Waals surface area (Å²) >= 11 is 1.59. The molecule has 0 aliphatic carbocycles. The molecule has 0 N–H and O–H groups in total. The Morgan fingerprint density at radius 3 is 2.33 bits per heavy atom. The predicted octanol–water partition coefficient (Wildman–Crippen LogP) is 4.38. The summed E-state index contributed by atoms with van der Waals surface area (Å²) in [5, 5.41) is 0.935. The summed E-state index contributed by atoms with van der Waals surface area (Å²) in [4.78, 5) is 20.2. The molecule has 2 rings (SSSR count). The highest BCUT2D eigenvalue weighted by atomic mass is 32.1. The quantitative estimate of drug-likeness (QED) is 0.793. The zero-order valence-corrected chi connectivity index (χ0v) is 13.7. The van der Waals surface area contributed by atoms with Crippen LogP contribution in [0.4, 0.5) is 0 Å². The van der Waals surface area contributed by atoms with Gasteiger partial charge in [-0.2, -0.15) is 0 Å². The number of rotatable bonds is 6. The predicted molar refractivity (Wildman–Crippen MR) is 88.8 cm³/mol. The summed E-state index contributed by atoms with van der Waals surface area (Å²) in [5.74, 6) is 0.0573. The van der Waals surface area contributed by atoms with Gasteiger partial charge in [0.2, 0.25) is 0 Å². The zero-order chi connectivity index (χ0) is 15.2. The maximum Gasteiger partial charge on any atom is 0.273 e. The molecule has 0 atom stereocenters. The molecule has 1 aromatic heterocycles. The van der Waals surface area contributed by atoms with Gasteiger partial charge in [0, 0.05) is 13.1 Å². The molecule has 21 heavy (non-hydrogen) atoms. The normalized spacial score (nSPS) is 10.6. The molecule has 0 saturated heterocycles. The second-order valence-corrected chi connectivity index (χ2v) is 6.27. The molecule has 1 aromatic carbocycles. The van der Waals surface area contributed by atoms with Gasteiger partial charge in [0.15, 0.2) is 0 Å². The molecule has 0 aliphatic rings. The van der Waals surface area contributed by atoms with E-state index in [-0.39, 0.29) is 5.91 Å². The third-order valence-electron chi connectivity index (χ3n) is 3.25. The fourth-order valence-electron chi connectivity index (χ4n) is 2.36. The van der Waals surface area contributed by atoms with E-state index in [1.54, 1.807) is 11.3 Å². The number of hydrogen-bond donors (Lipinski definition) is 0. The molecule has 0 unspecified atom stereocenters. The standard InChI is InChI=1S/C17H22N2OS/c1-4-11-19(12-5-2)17(20)15-16(21-13(3)18-15)14-9-7-6-8-10-14/h6-10H,4-5,11-12H2,1-3H3. The molecule has 0 radical (unpaired) electrons. The van der Waals surface area contributed by atoms with Crippen LogP contribution in [0.3, 0.4) is 0 Å². The minimum Gasteiger partial charge on any atom is -0.337 e. The minimum atomic E-state index is 0.0573. The first kappa shape index (κ1) is 15.7. The molecule has 112 valence electrons. The van der Waals surface area contributed by atoms with E-state index in [1.807, 2.05) is 42.2 Å². The Morgan fingerprint density at radius 2 is 1.76 bits per heavy atom. The van der Waals surface area contributed by atoms with E-state index in [2.05, 4.69) is 18.8 Å². The maximum atomic E-state index is 12.8. The van der Waals surface area contributed by atoms with Crippen molar-refractivity contribution in [2.45, 2.75) is 33.6 Å². The average Bonchev–Trinajstić information content (AvgIpc) is 2.89. The van der Waals surface area contributed by atoms with Crippen LogP contribution in [-0.4, -0.2) is 28.9 Å². The first-order valence-corrected chi connectivity index (χ1v) is 8.31. The van der Waals surface area contributed by atoms with E-state index in [4.69, 9.17) is 0 Å². The summed E-state index contributed by atoms with van der Waals surface area (Å²) in [6, 6.07) is 10.0. The molecular weight excluding hydrogens is 280 g/mol. The first-order valence-electron chi connectivity index (χ1n) is 7.49. The topological polar surface area (TPSA) is 33.2 Å². The summed E-state index contributed by atoms with van der Waals surface area (Å²) in [7, 11) is 0. The number of carbonyl (C=O) groups is 1. The van der Waals surface area contributed by atoms with E-state index >= 15 is 0 Å². The Labute approximate surface area is 130 Å². The van der Waals surface area contributed by atoms with Gasteiger partial charge < -0.3 is 4.90 Å². The van der Waals surface area contributed by atoms with Gasteiger partial charge in [-0.05, 0) is 25.3 Å². The van der Waals surface area contributed by atoms with Crippen LogP contribution in [0, 0.1) is 6.92 Å². The molecule has 4 heteroatoms. The second kappa shape index (κ2) is 7.36. The second-order valence-electron chi connectivity index (χ2n) is 5.07. The van der Waals surface area contributed by atoms with Crippen LogP contribution in [0.2, 0.25) is 0 Å². The van der Waals surface area contributed by atoms with Crippen LogP contribution in [0.1, 0.15) is 42.2 Å². The van der Waals surface area contributed by atoms with Crippen molar-refractivity contribution in [3.8, 4) is 10.4 Å². The van der Waals surface area contributed by atoms with Crippen molar-refractivity contribution in [1.82, 2.24) is 9.88 Å². The van der Waals surface area contributed by atoms with Crippen LogP contribution in [0.25, 0.3) is 10.4 Å². The van der Waals surface area contributed by atoms with Gasteiger partial charge in [0.25, 0.3) is 5.91 Å². The number of amides is 1. The third kappa shape index (κ3) is 3.70. The number of aryl methyl sites for hydroxylation is 1. The van der Waals surface area contributed by atoms with E-state index in [1.165, 1.54) is 0 Å². The summed E-state index contributed by atoms with van der Waals surface area (Å²) in [6.07, 6.45) is 1.94. The SMILES string of the molecule is CCCN(CCC)C(=O)c1nc(C)sc1-c1ccccc1. The van der Waals surface area contributed by atoms with Gasteiger partial charge >= 0.3 is 0 Å². The van der Waals surface area contributed by atoms with Crippen LogP contribution in [0.15, 0.2) is 30.3 Å². The van der Waals surface area contributed by atoms with Crippen LogP contribution in [-0.2, 0) is 0 Å². The van der Waals surface area contributed by atoms with Crippen molar-refractivity contribution in [2.75, 3.05) is 13.1 Å². The smallest absolute Gasteiger partial charge is 0.273 e. The molecule has 3 nitrogen and oxygen atoms in total. The molecule has 0 aliphatic heterocycles. The molecule has 0 bridgehead atoms. The summed E-state index contributed by atoms with van der Waals surface area (Å²) in [5.41, 5.74) is 1.67. The lowest BCUT2D eigenvalue weighted by molar-refractivity contribution is 0.0751. The van der Waals surface area contributed by atoms with Gasteiger partial charge in [-0.1, -0.05) is 44.2 Å². The fourth-order valence-corrected chi connectivity index (χ4v) is 3.28. The van der Waals surface area contributed by atoms with Crippen molar-refractivity contribution >= 4 is 17.2 Å². The molecule has 1 heterocycles. The number of carbonyl (C=O) groups excluding carboxylic acids is 1. The number of aromatic nitrogens is 1. The summed E-state index contributed by atoms with van der Waals surface area (Å²) in [6.45, 7) is 7.73. The lowest BCUT2D eigenvalue weighted by Gasteiger charge is -2.21. The van der Waals surface area contributed by atoms with Crippen molar-refractivity contribution in [2.24, 2.45) is 0 Å². The highest BCUT2D eigenvalue weighted by Crippen LogP contribution is 2.30. The summed E-state index contributed by atoms with van der Waals surface area (Å²) < 4.78 is 0.